The molecule has 2 heterocycles. The van der Waals surface area contributed by atoms with Gasteiger partial charge in [-0.3, -0.25) is 4.99 Å². The first-order valence-electron chi connectivity index (χ1n) is 8.45. The second kappa shape index (κ2) is 8.44. The van der Waals surface area contributed by atoms with Gasteiger partial charge in [-0.25, -0.2) is 4.98 Å². The standard InChI is InChI=1S/C18H24N4S2/c1-3-19-18(22-14-6-4-5-7-14)20-11-10-15-8-9-17(24-15)16-12-23-13(2)21-16/h4-5,8-9,12,14H,3,6-7,10-11H2,1-2H3,(H2,19,20,22). The Hall–Kier alpha value is -1.66. The molecule has 0 saturated carbocycles. The summed E-state index contributed by atoms with van der Waals surface area (Å²) in [5.74, 6) is 0.929. The fraction of sp³-hybridized carbons (Fsp3) is 0.444. The van der Waals surface area contributed by atoms with Gasteiger partial charge in [-0.2, -0.15) is 0 Å². The van der Waals surface area contributed by atoms with Crippen molar-refractivity contribution in [3.63, 3.8) is 0 Å². The van der Waals surface area contributed by atoms with E-state index in [1.165, 1.54) is 9.75 Å². The first-order chi connectivity index (χ1) is 11.7. The number of rotatable bonds is 6. The first-order valence-corrected chi connectivity index (χ1v) is 10.1. The molecule has 2 aromatic heterocycles. The summed E-state index contributed by atoms with van der Waals surface area (Å²) < 4.78 is 0. The third kappa shape index (κ3) is 4.68. The van der Waals surface area contributed by atoms with Crippen molar-refractivity contribution in [3.8, 4) is 10.6 Å². The van der Waals surface area contributed by atoms with Crippen LogP contribution in [0.15, 0.2) is 34.7 Å². The van der Waals surface area contributed by atoms with Crippen molar-refractivity contribution in [3.05, 3.63) is 39.5 Å². The lowest BCUT2D eigenvalue weighted by atomic mass is 10.2. The molecule has 0 unspecified atom stereocenters. The Morgan fingerprint density at radius 1 is 1.33 bits per heavy atom. The van der Waals surface area contributed by atoms with Crippen molar-refractivity contribution in [2.24, 2.45) is 4.99 Å². The zero-order valence-corrected chi connectivity index (χ0v) is 15.8. The van der Waals surface area contributed by atoms with E-state index in [9.17, 15) is 0 Å². The Morgan fingerprint density at radius 2 is 2.17 bits per heavy atom. The van der Waals surface area contributed by atoms with Crippen LogP contribution < -0.4 is 10.6 Å². The molecule has 0 bridgehead atoms. The van der Waals surface area contributed by atoms with Crippen LogP contribution in [0.3, 0.4) is 0 Å². The van der Waals surface area contributed by atoms with Gasteiger partial charge >= 0.3 is 0 Å². The van der Waals surface area contributed by atoms with Crippen LogP contribution in [0.2, 0.25) is 0 Å². The van der Waals surface area contributed by atoms with E-state index < -0.39 is 0 Å². The normalized spacial score (nSPS) is 15.2. The van der Waals surface area contributed by atoms with Gasteiger partial charge < -0.3 is 10.6 Å². The van der Waals surface area contributed by atoms with E-state index in [4.69, 9.17) is 4.99 Å². The number of thiazole rings is 1. The number of hydrogen-bond donors (Lipinski definition) is 2. The minimum Gasteiger partial charge on any atom is -0.357 e. The first kappa shape index (κ1) is 17.2. The Bertz CT molecular complexity index is 706. The van der Waals surface area contributed by atoms with E-state index in [2.05, 4.69) is 52.2 Å². The summed E-state index contributed by atoms with van der Waals surface area (Å²) in [6.07, 6.45) is 7.61. The number of hydrogen-bond acceptors (Lipinski definition) is 4. The highest BCUT2D eigenvalue weighted by Crippen LogP contribution is 2.29. The molecule has 6 heteroatoms. The van der Waals surface area contributed by atoms with Crippen molar-refractivity contribution >= 4 is 28.6 Å². The Balaban J connectivity index is 1.54. The van der Waals surface area contributed by atoms with E-state index in [0.717, 1.165) is 49.0 Å². The molecule has 0 spiro atoms. The summed E-state index contributed by atoms with van der Waals surface area (Å²) in [4.78, 5) is 11.9. The van der Waals surface area contributed by atoms with Gasteiger partial charge in [0.2, 0.25) is 0 Å². The van der Waals surface area contributed by atoms with Crippen LogP contribution in [0.4, 0.5) is 0 Å². The number of thiophene rings is 1. The Morgan fingerprint density at radius 3 is 2.88 bits per heavy atom. The quantitative estimate of drug-likeness (QED) is 0.465. The molecule has 1 aliphatic rings. The zero-order chi connectivity index (χ0) is 16.8. The number of aliphatic imine (C=N–C) groups is 1. The predicted molar refractivity (Wildman–Crippen MR) is 105 cm³/mol. The summed E-state index contributed by atoms with van der Waals surface area (Å²) in [6, 6.07) is 4.86. The zero-order valence-electron chi connectivity index (χ0n) is 14.2. The molecular weight excluding hydrogens is 336 g/mol. The summed E-state index contributed by atoms with van der Waals surface area (Å²) in [6.45, 7) is 5.84. The third-order valence-electron chi connectivity index (χ3n) is 3.85. The van der Waals surface area contributed by atoms with Crippen LogP contribution in [0.5, 0.6) is 0 Å². The summed E-state index contributed by atoms with van der Waals surface area (Å²) in [5, 5.41) is 10.1. The predicted octanol–water partition coefficient (Wildman–Crippen LogP) is 4.00. The molecule has 0 atom stereocenters. The van der Waals surface area contributed by atoms with Crippen LogP contribution in [-0.4, -0.2) is 30.1 Å². The molecule has 24 heavy (non-hydrogen) atoms. The van der Waals surface area contributed by atoms with Gasteiger partial charge in [0.05, 0.1) is 15.6 Å². The summed E-state index contributed by atoms with van der Waals surface area (Å²) in [7, 11) is 0. The van der Waals surface area contributed by atoms with E-state index >= 15 is 0 Å². The number of nitrogens with zero attached hydrogens (tertiary/aromatic N) is 2. The monoisotopic (exact) mass is 360 g/mol. The highest BCUT2D eigenvalue weighted by atomic mass is 32.1. The van der Waals surface area contributed by atoms with E-state index in [-0.39, 0.29) is 0 Å². The lowest BCUT2D eigenvalue weighted by molar-refractivity contribution is 0.633. The molecule has 3 rings (SSSR count). The van der Waals surface area contributed by atoms with Crippen molar-refractivity contribution < 1.29 is 0 Å². The molecule has 2 aromatic rings. The summed E-state index contributed by atoms with van der Waals surface area (Å²) >= 11 is 3.52. The van der Waals surface area contributed by atoms with Crippen LogP contribution in [0, 0.1) is 6.92 Å². The van der Waals surface area contributed by atoms with E-state index in [0.29, 0.717) is 6.04 Å². The molecule has 0 saturated heterocycles. The second-order valence-electron chi connectivity index (χ2n) is 5.81. The maximum Gasteiger partial charge on any atom is 0.191 e. The maximum atomic E-state index is 4.72. The molecular formula is C18H24N4S2. The van der Waals surface area contributed by atoms with Crippen LogP contribution in [0.25, 0.3) is 10.6 Å². The van der Waals surface area contributed by atoms with Gasteiger partial charge in [0.25, 0.3) is 0 Å². The average Bonchev–Trinajstić information content (AvgIpc) is 3.29. The molecule has 0 radical (unpaired) electrons. The fourth-order valence-corrected chi connectivity index (χ4v) is 4.30. The van der Waals surface area contributed by atoms with Gasteiger partial charge in [-0.1, -0.05) is 12.2 Å². The van der Waals surface area contributed by atoms with Crippen molar-refractivity contribution in [1.29, 1.82) is 0 Å². The largest absolute Gasteiger partial charge is 0.357 e. The lowest BCUT2D eigenvalue weighted by Crippen LogP contribution is -2.42. The number of nitrogens with one attached hydrogen (secondary N) is 2. The topological polar surface area (TPSA) is 49.3 Å². The van der Waals surface area contributed by atoms with E-state index in [1.807, 2.05) is 18.3 Å². The summed E-state index contributed by atoms with van der Waals surface area (Å²) in [5.41, 5.74) is 1.10. The smallest absolute Gasteiger partial charge is 0.191 e. The van der Waals surface area contributed by atoms with Crippen LogP contribution in [0.1, 0.15) is 29.7 Å². The molecule has 0 amide bonds. The molecule has 0 aliphatic heterocycles. The molecule has 1 aliphatic carbocycles. The molecule has 0 aromatic carbocycles. The number of aromatic nitrogens is 1. The Labute approximate surface area is 151 Å². The number of aryl methyl sites for hydroxylation is 1. The minimum absolute atomic E-state index is 0.490. The highest BCUT2D eigenvalue weighted by molar-refractivity contribution is 7.16. The third-order valence-corrected chi connectivity index (χ3v) is 5.80. The van der Waals surface area contributed by atoms with E-state index in [1.54, 1.807) is 11.3 Å². The van der Waals surface area contributed by atoms with Crippen LogP contribution >= 0.6 is 22.7 Å². The van der Waals surface area contributed by atoms with Gasteiger partial charge in [0, 0.05) is 35.8 Å². The molecule has 128 valence electrons. The fourth-order valence-electron chi connectivity index (χ4n) is 2.65. The minimum atomic E-state index is 0.490. The second-order valence-corrected chi connectivity index (χ2v) is 8.04. The SMILES string of the molecule is CCNC(=NCCc1ccc(-c2csc(C)n2)s1)NC1CC=CC1. The molecule has 4 nitrogen and oxygen atoms in total. The Kier molecular flexibility index (Phi) is 6.04. The maximum absolute atomic E-state index is 4.72. The van der Waals surface area contributed by atoms with Crippen molar-refractivity contribution in [2.45, 2.75) is 39.2 Å². The van der Waals surface area contributed by atoms with Gasteiger partial charge in [0.1, 0.15) is 0 Å². The van der Waals surface area contributed by atoms with Gasteiger partial charge in [-0.05, 0) is 38.8 Å². The number of guanidine groups is 1. The lowest BCUT2D eigenvalue weighted by Gasteiger charge is -2.16. The van der Waals surface area contributed by atoms with Gasteiger partial charge in [0.15, 0.2) is 5.96 Å². The molecule has 0 fully saturated rings. The highest BCUT2D eigenvalue weighted by Gasteiger charge is 2.11. The van der Waals surface area contributed by atoms with Gasteiger partial charge in [-0.15, -0.1) is 22.7 Å². The average molecular weight is 361 g/mol. The van der Waals surface area contributed by atoms with Crippen molar-refractivity contribution in [1.82, 2.24) is 15.6 Å². The van der Waals surface area contributed by atoms with Crippen molar-refractivity contribution in [2.75, 3.05) is 13.1 Å². The van der Waals surface area contributed by atoms with Crippen LogP contribution in [-0.2, 0) is 6.42 Å². The molecule has 2 N–H and O–H groups in total.